The number of hydrogen-bond donors (Lipinski definition) is 1. The van der Waals surface area contributed by atoms with E-state index < -0.39 is 0 Å². The van der Waals surface area contributed by atoms with Crippen molar-refractivity contribution in [3.63, 3.8) is 0 Å². The molecule has 0 fully saturated rings. The first-order chi connectivity index (χ1) is 12.5. The second-order valence-electron chi connectivity index (χ2n) is 6.19. The lowest BCUT2D eigenvalue weighted by Gasteiger charge is -2.14. The second-order valence-corrected chi connectivity index (χ2v) is 6.63. The van der Waals surface area contributed by atoms with Gasteiger partial charge in [-0.1, -0.05) is 23.7 Å². The summed E-state index contributed by atoms with van der Waals surface area (Å²) in [6.07, 6.45) is 1.61. The Kier molecular flexibility index (Phi) is 4.05. The van der Waals surface area contributed by atoms with Crippen molar-refractivity contribution < 1.29 is 4.79 Å². The van der Waals surface area contributed by atoms with E-state index in [-0.39, 0.29) is 11.9 Å². The monoisotopic (exact) mass is 365 g/mol. The van der Waals surface area contributed by atoms with Crippen LogP contribution in [0.1, 0.15) is 27.3 Å². The largest absolute Gasteiger partial charge is 0.368 e. The summed E-state index contributed by atoms with van der Waals surface area (Å²) in [4.78, 5) is 27.4. The van der Waals surface area contributed by atoms with Crippen LogP contribution in [0.2, 0.25) is 5.02 Å². The van der Waals surface area contributed by atoms with Crippen LogP contribution < -0.4 is 5.73 Å². The van der Waals surface area contributed by atoms with E-state index in [0.717, 1.165) is 28.1 Å². The SMILES string of the molecule is Cc1cc(Cl)ccc1-c1nc(N)nc2c1CN(C(=O)c1ccccn1)C2. The molecule has 1 aromatic carbocycles. The molecule has 2 aromatic heterocycles. The molecule has 0 unspecified atom stereocenters. The quantitative estimate of drug-likeness (QED) is 0.753. The molecule has 3 aromatic rings. The molecule has 0 saturated carbocycles. The molecule has 1 amide bonds. The van der Waals surface area contributed by atoms with Crippen LogP contribution in [-0.2, 0) is 13.1 Å². The minimum atomic E-state index is -0.138. The number of aromatic nitrogens is 3. The van der Waals surface area contributed by atoms with E-state index in [1.807, 2.05) is 25.1 Å². The number of nitrogen functional groups attached to an aromatic ring is 1. The fraction of sp³-hybridized carbons (Fsp3) is 0.158. The van der Waals surface area contributed by atoms with Gasteiger partial charge in [0, 0.05) is 22.3 Å². The van der Waals surface area contributed by atoms with Crippen LogP contribution in [-0.4, -0.2) is 25.8 Å². The predicted octanol–water partition coefficient (Wildman–Crippen LogP) is 3.24. The molecule has 0 radical (unpaired) electrons. The Balaban J connectivity index is 1.74. The topological polar surface area (TPSA) is 85.0 Å². The lowest BCUT2D eigenvalue weighted by atomic mass is 10.0. The first kappa shape index (κ1) is 16.5. The van der Waals surface area contributed by atoms with Gasteiger partial charge in [-0.3, -0.25) is 9.78 Å². The Morgan fingerprint density at radius 1 is 1.19 bits per heavy atom. The summed E-state index contributed by atoms with van der Waals surface area (Å²) >= 11 is 6.07. The number of hydrogen-bond acceptors (Lipinski definition) is 5. The summed E-state index contributed by atoms with van der Waals surface area (Å²) in [5.41, 5.74) is 10.7. The number of nitrogens with two attached hydrogens (primary N) is 1. The van der Waals surface area contributed by atoms with E-state index in [1.54, 1.807) is 29.3 Å². The highest BCUT2D eigenvalue weighted by molar-refractivity contribution is 6.30. The molecule has 1 aliphatic heterocycles. The predicted molar refractivity (Wildman–Crippen MR) is 99.4 cm³/mol. The van der Waals surface area contributed by atoms with Gasteiger partial charge < -0.3 is 10.6 Å². The number of halogens is 1. The average molecular weight is 366 g/mol. The summed E-state index contributed by atoms with van der Waals surface area (Å²) in [6, 6.07) is 10.9. The smallest absolute Gasteiger partial charge is 0.273 e. The molecule has 0 atom stereocenters. The summed E-state index contributed by atoms with van der Waals surface area (Å²) in [5.74, 6) is 0.0567. The fourth-order valence-corrected chi connectivity index (χ4v) is 3.41. The number of aryl methyl sites for hydroxylation is 1. The van der Waals surface area contributed by atoms with Gasteiger partial charge in [-0.25, -0.2) is 9.97 Å². The number of rotatable bonds is 2. The number of pyridine rings is 1. The summed E-state index contributed by atoms with van der Waals surface area (Å²) in [5, 5.41) is 0.664. The van der Waals surface area contributed by atoms with Crippen LogP contribution in [0, 0.1) is 6.92 Å². The maximum Gasteiger partial charge on any atom is 0.273 e. The highest BCUT2D eigenvalue weighted by Gasteiger charge is 2.30. The van der Waals surface area contributed by atoms with E-state index in [1.165, 1.54) is 0 Å². The number of benzene rings is 1. The number of nitrogens with zero attached hydrogens (tertiary/aromatic N) is 4. The Labute approximate surface area is 155 Å². The molecular weight excluding hydrogens is 350 g/mol. The van der Waals surface area contributed by atoms with Gasteiger partial charge in [0.15, 0.2) is 0 Å². The van der Waals surface area contributed by atoms with E-state index in [9.17, 15) is 4.79 Å². The third-order valence-electron chi connectivity index (χ3n) is 4.41. The number of fused-ring (bicyclic) bond motifs is 1. The number of anilines is 1. The van der Waals surface area contributed by atoms with Crippen molar-refractivity contribution in [2.75, 3.05) is 5.73 Å². The molecule has 7 heteroatoms. The van der Waals surface area contributed by atoms with E-state index in [0.29, 0.717) is 23.8 Å². The van der Waals surface area contributed by atoms with Gasteiger partial charge in [0.05, 0.1) is 24.5 Å². The van der Waals surface area contributed by atoms with Crippen molar-refractivity contribution in [2.45, 2.75) is 20.0 Å². The van der Waals surface area contributed by atoms with Crippen LogP contribution >= 0.6 is 11.6 Å². The summed E-state index contributed by atoms with van der Waals surface area (Å²) < 4.78 is 0. The molecule has 130 valence electrons. The van der Waals surface area contributed by atoms with Gasteiger partial charge in [0.25, 0.3) is 5.91 Å². The molecule has 2 N–H and O–H groups in total. The van der Waals surface area contributed by atoms with E-state index in [4.69, 9.17) is 17.3 Å². The van der Waals surface area contributed by atoms with Crippen LogP contribution in [0.4, 0.5) is 5.95 Å². The van der Waals surface area contributed by atoms with Gasteiger partial charge in [-0.15, -0.1) is 0 Å². The molecule has 0 bridgehead atoms. The lowest BCUT2D eigenvalue weighted by molar-refractivity contribution is 0.0744. The first-order valence-corrected chi connectivity index (χ1v) is 8.53. The Morgan fingerprint density at radius 2 is 2.04 bits per heavy atom. The van der Waals surface area contributed by atoms with Crippen molar-refractivity contribution >= 4 is 23.5 Å². The van der Waals surface area contributed by atoms with Crippen LogP contribution in [0.15, 0.2) is 42.6 Å². The molecule has 6 nitrogen and oxygen atoms in total. The number of amides is 1. The van der Waals surface area contributed by atoms with Gasteiger partial charge in [-0.05, 0) is 36.8 Å². The Hall–Kier alpha value is -2.99. The minimum Gasteiger partial charge on any atom is -0.368 e. The zero-order chi connectivity index (χ0) is 18.3. The van der Waals surface area contributed by atoms with Gasteiger partial charge >= 0.3 is 0 Å². The van der Waals surface area contributed by atoms with Crippen molar-refractivity contribution in [1.29, 1.82) is 0 Å². The maximum atomic E-state index is 12.7. The van der Waals surface area contributed by atoms with E-state index in [2.05, 4.69) is 15.0 Å². The standard InChI is InChI=1S/C19H16ClN5O/c1-11-8-12(20)5-6-13(11)17-14-9-25(10-16(14)23-19(21)24-17)18(26)15-4-2-3-7-22-15/h2-8H,9-10H2,1H3,(H2,21,23,24). The van der Waals surface area contributed by atoms with Gasteiger partial charge in [-0.2, -0.15) is 0 Å². The van der Waals surface area contributed by atoms with Gasteiger partial charge in [0.1, 0.15) is 5.69 Å². The third-order valence-corrected chi connectivity index (χ3v) is 4.65. The number of carbonyl (C=O) groups is 1. The molecule has 4 rings (SSSR count). The fourth-order valence-electron chi connectivity index (χ4n) is 3.18. The molecule has 0 saturated heterocycles. The van der Waals surface area contributed by atoms with Crippen LogP contribution in [0.5, 0.6) is 0 Å². The highest BCUT2D eigenvalue weighted by atomic mass is 35.5. The normalized spacial score (nSPS) is 12.9. The van der Waals surface area contributed by atoms with E-state index >= 15 is 0 Å². The van der Waals surface area contributed by atoms with Crippen molar-refractivity contribution in [2.24, 2.45) is 0 Å². The second kappa shape index (κ2) is 6.38. The Morgan fingerprint density at radius 3 is 2.77 bits per heavy atom. The van der Waals surface area contributed by atoms with Crippen molar-refractivity contribution in [3.8, 4) is 11.3 Å². The van der Waals surface area contributed by atoms with Crippen molar-refractivity contribution in [3.05, 3.63) is 70.1 Å². The number of carbonyl (C=O) groups excluding carboxylic acids is 1. The zero-order valence-electron chi connectivity index (χ0n) is 14.1. The summed E-state index contributed by atoms with van der Waals surface area (Å²) in [7, 11) is 0. The first-order valence-electron chi connectivity index (χ1n) is 8.15. The molecule has 0 spiro atoms. The molecule has 1 aliphatic rings. The molecule has 3 heterocycles. The molecule has 26 heavy (non-hydrogen) atoms. The van der Waals surface area contributed by atoms with Gasteiger partial charge in [0.2, 0.25) is 5.95 Å². The van der Waals surface area contributed by atoms with Crippen molar-refractivity contribution in [1.82, 2.24) is 19.9 Å². The highest BCUT2D eigenvalue weighted by Crippen LogP contribution is 2.34. The zero-order valence-corrected chi connectivity index (χ0v) is 14.9. The lowest BCUT2D eigenvalue weighted by Crippen LogP contribution is -2.26. The average Bonchev–Trinajstić information content (AvgIpc) is 3.05. The molecule has 0 aliphatic carbocycles. The minimum absolute atomic E-state index is 0.138. The maximum absolute atomic E-state index is 12.7. The Bertz CT molecular complexity index is 1010. The van der Waals surface area contributed by atoms with Crippen LogP contribution in [0.25, 0.3) is 11.3 Å². The third kappa shape index (κ3) is 2.88. The van der Waals surface area contributed by atoms with Crippen LogP contribution in [0.3, 0.4) is 0 Å². The summed E-state index contributed by atoms with van der Waals surface area (Å²) in [6.45, 7) is 2.77. The molecular formula is C19H16ClN5O.